The average Bonchev–Trinajstić information content (AvgIpc) is 2.94. The summed E-state index contributed by atoms with van der Waals surface area (Å²) in [5.74, 6) is -2.87. The summed E-state index contributed by atoms with van der Waals surface area (Å²) in [5, 5.41) is 1.06. The molecular formula is C15H8Cl2F2. The Bertz CT molecular complexity index is 598. The molecule has 0 atom stereocenters. The third kappa shape index (κ3) is 2.15. The second kappa shape index (κ2) is 4.32. The first-order valence-corrected chi connectivity index (χ1v) is 6.40. The Morgan fingerprint density at radius 3 is 1.26 bits per heavy atom. The van der Waals surface area contributed by atoms with Gasteiger partial charge in [-0.1, -0.05) is 47.5 Å². The van der Waals surface area contributed by atoms with Crippen LogP contribution >= 0.6 is 23.2 Å². The van der Waals surface area contributed by atoms with E-state index in [1.54, 1.807) is 48.5 Å². The first-order chi connectivity index (χ1) is 9.00. The lowest BCUT2D eigenvalue weighted by Crippen LogP contribution is -1.97. The van der Waals surface area contributed by atoms with Gasteiger partial charge in [0.25, 0.3) is 0 Å². The molecule has 3 rings (SSSR count). The third-order valence-corrected chi connectivity index (χ3v) is 3.59. The second-order valence-electron chi connectivity index (χ2n) is 4.34. The lowest BCUT2D eigenvalue weighted by atomic mass is 10.1. The molecule has 0 bridgehead atoms. The number of allylic oxidation sites excluding steroid dienone is 2. The monoisotopic (exact) mass is 296 g/mol. The van der Waals surface area contributed by atoms with E-state index in [2.05, 4.69) is 0 Å². The molecule has 0 radical (unpaired) electrons. The highest BCUT2D eigenvalue weighted by molar-refractivity contribution is 6.31. The van der Waals surface area contributed by atoms with Crippen molar-refractivity contribution in [2.24, 2.45) is 0 Å². The fourth-order valence-corrected chi connectivity index (χ4v) is 2.37. The Morgan fingerprint density at radius 1 is 0.632 bits per heavy atom. The summed E-state index contributed by atoms with van der Waals surface area (Å²) in [4.78, 5) is 0. The molecule has 1 aliphatic rings. The van der Waals surface area contributed by atoms with Gasteiger partial charge >= 0.3 is 5.92 Å². The molecule has 0 aliphatic heterocycles. The molecule has 0 fully saturated rings. The van der Waals surface area contributed by atoms with Crippen molar-refractivity contribution in [1.29, 1.82) is 0 Å². The van der Waals surface area contributed by atoms with Gasteiger partial charge in [-0.3, -0.25) is 0 Å². The molecule has 0 saturated heterocycles. The highest BCUT2D eigenvalue weighted by Gasteiger charge is 2.56. The van der Waals surface area contributed by atoms with Gasteiger partial charge in [0.15, 0.2) is 0 Å². The summed E-state index contributed by atoms with van der Waals surface area (Å²) < 4.78 is 27.8. The summed E-state index contributed by atoms with van der Waals surface area (Å²) in [6.45, 7) is 0. The van der Waals surface area contributed by atoms with E-state index in [0.717, 1.165) is 0 Å². The van der Waals surface area contributed by atoms with Crippen molar-refractivity contribution in [3.05, 3.63) is 69.7 Å². The zero-order valence-corrected chi connectivity index (χ0v) is 11.1. The molecule has 0 N–H and O–H groups in total. The van der Waals surface area contributed by atoms with Crippen molar-refractivity contribution in [2.75, 3.05) is 0 Å². The smallest absolute Gasteiger partial charge is 0.196 e. The number of hydrogen-bond acceptors (Lipinski definition) is 0. The van der Waals surface area contributed by atoms with Crippen LogP contribution in [0, 0.1) is 0 Å². The van der Waals surface area contributed by atoms with Crippen molar-refractivity contribution >= 4 is 34.3 Å². The minimum absolute atomic E-state index is 0.0616. The first kappa shape index (κ1) is 12.6. The fraction of sp³-hybridized carbons (Fsp3) is 0.0667. The lowest BCUT2D eigenvalue weighted by Gasteiger charge is -1.99. The third-order valence-electron chi connectivity index (χ3n) is 3.08. The normalized spacial score (nSPS) is 16.6. The van der Waals surface area contributed by atoms with Crippen LogP contribution in [0.15, 0.2) is 48.5 Å². The van der Waals surface area contributed by atoms with Gasteiger partial charge < -0.3 is 0 Å². The first-order valence-electron chi connectivity index (χ1n) is 5.65. The molecule has 0 unspecified atom stereocenters. The van der Waals surface area contributed by atoms with Crippen LogP contribution in [-0.4, -0.2) is 5.92 Å². The maximum atomic E-state index is 13.9. The zero-order valence-electron chi connectivity index (χ0n) is 9.63. The van der Waals surface area contributed by atoms with Crippen LogP contribution < -0.4 is 0 Å². The minimum Gasteiger partial charge on any atom is -0.196 e. The Hall–Kier alpha value is -1.38. The molecule has 2 aromatic carbocycles. The van der Waals surface area contributed by atoms with Gasteiger partial charge in [-0.15, -0.1) is 0 Å². The van der Waals surface area contributed by atoms with Crippen molar-refractivity contribution < 1.29 is 8.78 Å². The predicted octanol–water partition coefficient (Wildman–Crippen LogP) is 5.55. The summed E-state index contributed by atoms with van der Waals surface area (Å²) in [5.41, 5.74) is 1.12. The van der Waals surface area contributed by atoms with Crippen molar-refractivity contribution in [3.8, 4) is 0 Å². The zero-order chi connectivity index (χ0) is 13.6. The largest absolute Gasteiger partial charge is 0.300 e. The van der Waals surface area contributed by atoms with Gasteiger partial charge in [0.05, 0.1) is 0 Å². The molecule has 0 heterocycles. The molecule has 0 aromatic heterocycles. The van der Waals surface area contributed by atoms with Crippen LogP contribution in [0.5, 0.6) is 0 Å². The molecule has 0 spiro atoms. The molecule has 96 valence electrons. The van der Waals surface area contributed by atoms with Crippen LogP contribution in [0.3, 0.4) is 0 Å². The molecule has 19 heavy (non-hydrogen) atoms. The van der Waals surface area contributed by atoms with Crippen LogP contribution in [0.25, 0.3) is 11.1 Å². The Morgan fingerprint density at radius 2 is 0.947 bits per heavy atom. The van der Waals surface area contributed by atoms with Gasteiger partial charge in [-0.05, 0) is 35.4 Å². The van der Waals surface area contributed by atoms with Gasteiger partial charge in [-0.2, -0.15) is 8.78 Å². The van der Waals surface area contributed by atoms with Crippen LogP contribution in [0.1, 0.15) is 11.1 Å². The van der Waals surface area contributed by atoms with E-state index in [0.29, 0.717) is 21.2 Å². The van der Waals surface area contributed by atoms with E-state index in [4.69, 9.17) is 23.2 Å². The van der Waals surface area contributed by atoms with Gasteiger partial charge in [-0.25, -0.2) is 0 Å². The van der Waals surface area contributed by atoms with Gasteiger partial charge in [0.2, 0.25) is 0 Å². The quantitative estimate of drug-likeness (QED) is 0.681. The lowest BCUT2D eigenvalue weighted by molar-refractivity contribution is 0.166. The number of rotatable bonds is 2. The van der Waals surface area contributed by atoms with Crippen molar-refractivity contribution in [2.45, 2.75) is 5.92 Å². The van der Waals surface area contributed by atoms with E-state index in [1.807, 2.05) is 0 Å². The highest BCUT2D eigenvalue weighted by atomic mass is 35.5. The average molecular weight is 297 g/mol. The van der Waals surface area contributed by atoms with Crippen LogP contribution in [0.4, 0.5) is 8.78 Å². The predicted molar refractivity (Wildman–Crippen MR) is 74.7 cm³/mol. The number of hydrogen-bond donors (Lipinski definition) is 0. The van der Waals surface area contributed by atoms with E-state index < -0.39 is 5.92 Å². The molecule has 0 saturated carbocycles. The summed E-state index contributed by atoms with van der Waals surface area (Å²) >= 11 is 11.5. The number of benzene rings is 2. The van der Waals surface area contributed by atoms with Crippen molar-refractivity contribution in [3.63, 3.8) is 0 Å². The summed E-state index contributed by atoms with van der Waals surface area (Å²) in [7, 11) is 0. The second-order valence-corrected chi connectivity index (χ2v) is 5.21. The highest BCUT2D eigenvalue weighted by Crippen LogP contribution is 2.60. The number of halogens is 4. The van der Waals surface area contributed by atoms with E-state index in [9.17, 15) is 8.78 Å². The van der Waals surface area contributed by atoms with E-state index in [-0.39, 0.29) is 11.1 Å². The Kier molecular flexibility index (Phi) is 2.88. The molecule has 2 aromatic rings. The van der Waals surface area contributed by atoms with Gasteiger partial charge in [0, 0.05) is 21.2 Å². The van der Waals surface area contributed by atoms with E-state index >= 15 is 0 Å². The Balaban J connectivity index is 2.04. The maximum Gasteiger partial charge on any atom is 0.300 e. The summed E-state index contributed by atoms with van der Waals surface area (Å²) in [6, 6.07) is 12.9. The Labute approximate surface area is 119 Å². The van der Waals surface area contributed by atoms with Crippen molar-refractivity contribution in [1.82, 2.24) is 0 Å². The van der Waals surface area contributed by atoms with E-state index in [1.165, 1.54) is 0 Å². The molecular weight excluding hydrogens is 289 g/mol. The maximum absolute atomic E-state index is 13.9. The van der Waals surface area contributed by atoms with Crippen LogP contribution in [-0.2, 0) is 0 Å². The number of alkyl halides is 2. The minimum atomic E-state index is -2.87. The summed E-state index contributed by atoms with van der Waals surface area (Å²) in [6.07, 6.45) is 0. The van der Waals surface area contributed by atoms with Crippen LogP contribution in [0.2, 0.25) is 10.0 Å². The van der Waals surface area contributed by atoms with Gasteiger partial charge in [0.1, 0.15) is 0 Å². The molecule has 4 heteroatoms. The standard InChI is InChI=1S/C15H8Cl2F2/c16-11-5-1-9(2-6-11)13-14(15(13,18)19)10-3-7-12(17)8-4-10/h1-8H. The fourth-order valence-electron chi connectivity index (χ4n) is 2.12. The molecule has 0 nitrogen and oxygen atoms in total. The topological polar surface area (TPSA) is 0 Å². The SMILES string of the molecule is FC1(F)C(c2ccc(Cl)cc2)=C1c1ccc(Cl)cc1. The molecule has 1 aliphatic carbocycles. The molecule has 0 amide bonds.